The van der Waals surface area contributed by atoms with Crippen LogP contribution >= 0.6 is 11.3 Å². The van der Waals surface area contributed by atoms with Crippen LogP contribution in [0.2, 0.25) is 0 Å². The van der Waals surface area contributed by atoms with Gasteiger partial charge in [0.1, 0.15) is 10.8 Å². The Balaban J connectivity index is 2.39. The molecular weight excluding hydrogens is 284 g/mol. The summed E-state index contributed by atoms with van der Waals surface area (Å²) in [7, 11) is 3.39. The molecule has 0 fully saturated rings. The maximum absolute atomic E-state index is 5.49. The van der Waals surface area contributed by atoms with Crippen LogP contribution < -0.4 is 10.1 Å². The molecule has 114 valence electrons. The minimum absolute atomic E-state index is 0.533. The van der Waals surface area contributed by atoms with Gasteiger partial charge in [-0.2, -0.15) is 0 Å². The van der Waals surface area contributed by atoms with Crippen LogP contribution in [-0.4, -0.2) is 25.7 Å². The van der Waals surface area contributed by atoms with Crippen LogP contribution in [0.25, 0.3) is 10.6 Å². The number of benzene rings is 1. The molecule has 1 aromatic carbocycles. The largest absolute Gasteiger partial charge is 0.496 e. The highest BCUT2D eigenvalue weighted by Crippen LogP contribution is 2.35. The molecule has 1 heterocycles. The highest BCUT2D eigenvalue weighted by atomic mass is 32.1. The van der Waals surface area contributed by atoms with Crippen LogP contribution in [0.3, 0.4) is 0 Å². The summed E-state index contributed by atoms with van der Waals surface area (Å²) in [5.74, 6) is 0.864. The number of aryl methyl sites for hydroxylation is 1. The number of methoxy groups -OCH3 is 2. The molecule has 0 spiro atoms. The Kier molecular flexibility index (Phi) is 5.73. The molecule has 2 aromatic rings. The van der Waals surface area contributed by atoms with Gasteiger partial charge in [0.25, 0.3) is 0 Å². The lowest BCUT2D eigenvalue weighted by atomic mass is 10.1. The normalized spacial score (nSPS) is 10.9. The van der Waals surface area contributed by atoms with Crippen LogP contribution in [-0.2, 0) is 17.9 Å². The summed E-state index contributed by atoms with van der Waals surface area (Å²) in [6.07, 6.45) is 0. The van der Waals surface area contributed by atoms with Gasteiger partial charge in [-0.05, 0) is 31.2 Å². The topological polar surface area (TPSA) is 43.4 Å². The van der Waals surface area contributed by atoms with Gasteiger partial charge in [-0.3, -0.25) is 0 Å². The van der Waals surface area contributed by atoms with Gasteiger partial charge in [0.2, 0.25) is 0 Å². The lowest BCUT2D eigenvalue weighted by Crippen LogP contribution is -2.12. The number of hydrogen-bond acceptors (Lipinski definition) is 5. The highest BCUT2D eigenvalue weighted by Gasteiger charge is 2.15. The second kappa shape index (κ2) is 7.54. The minimum Gasteiger partial charge on any atom is -0.496 e. The predicted molar refractivity (Wildman–Crippen MR) is 86.9 cm³/mol. The zero-order valence-corrected chi connectivity index (χ0v) is 13.8. The van der Waals surface area contributed by atoms with E-state index in [9.17, 15) is 0 Å². The van der Waals surface area contributed by atoms with Gasteiger partial charge in [0, 0.05) is 18.5 Å². The van der Waals surface area contributed by atoms with Crippen molar-refractivity contribution in [3.8, 4) is 16.3 Å². The molecule has 0 aliphatic heterocycles. The van der Waals surface area contributed by atoms with E-state index in [-0.39, 0.29) is 0 Å². The van der Waals surface area contributed by atoms with E-state index in [1.165, 1.54) is 10.4 Å². The summed E-state index contributed by atoms with van der Waals surface area (Å²) < 4.78 is 10.7. The third-order valence-corrected chi connectivity index (χ3v) is 4.31. The molecule has 0 amide bonds. The Bertz CT molecular complexity index is 596. The molecule has 0 aliphatic rings. The van der Waals surface area contributed by atoms with Crippen LogP contribution in [0.15, 0.2) is 18.2 Å². The molecule has 0 radical (unpaired) electrons. The van der Waals surface area contributed by atoms with Crippen molar-refractivity contribution in [1.82, 2.24) is 10.3 Å². The molecule has 21 heavy (non-hydrogen) atoms. The summed E-state index contributed by atoms with van der Waals surface area (Å²) in [6, 6.07) is 6.19. The quantitative estimate of drug-likeness (QED) is 0.851. The molecule has 0 saturated heterocycles. The zero-order chi connectivity index (χ0) is 15.2. The van der Waals surface area contributed by atoms with E-state index in [1.54, 1.807) is 25.6 Å². The second-order valence-corrected chi connectivity index (χ2v) is 5.89. The number of aromatic nitrogens is 1. The van der Waals surface area contributed by atoms with Gasteiger partial charge in [0.05, 0.1) is 25.0 Å². The van der Waals surface area contributed by atoms with E-state index in [0.717, 1.165) is 35.1 Å². The standard InChI is InChI=1S/C16H22N2O2S/c1-5-17-9-15-13(10-19-3)18-16(21-15)12-7-6-11(2)8-14(12)20-4/h6-8,17H,5,9-10H2,1-4H3. The van der Waals surface area contributed by atoms with E-state index in [0.29, 0.717) is 6.61 Å². The summed E-state index contributed by atoms with van der Waals surface area (Å²) in [4.78, 5) is 5.95. The zero-order valence-electron chi connectivity index (χ0n) is 13.0. The second-order valence-electron chi connectivity index (χ2n) is 4.81. The Morgan fingerprint density at radius 2 is 2.10 bits per heavy atom. The number of ether oxygens (including phenoxy) is 2. The van der Waals surface area contributed by atoms with Gasteiger partial charge in [-0.25, -0.2) is 4.98 Å². The maximum atomic E-state index is 5.49. The fraction of sp³-hybridized carbons (Fsp3) is 0.438. The number of nitrogens with one attached hydrogen (secondary N) is 1. The number of rotatable bonds is 7. The van der Waals surface area contributed by atoms with Gasteiger partial charge < -0.3 is 14.8 Å². The number of thiazole rings is 1. The van der Waals surface area contributed by atoms with Crippen molar-refractivity contribution in [1.29, 1.82) is 0 Å². The van der Waals surface area contributed by atoms with Crippen LogP contribution in [0, 0.1) is 6.92 Å². The van der Waals surface area contributed by atoms with Crippen molar-refractivity contribution in [2.24, 2.45) is 0 Å². The summed E-state index contributed by atoms with van der Waals surface area (Å²) in [5, 5.41) is 4.33. The van der Waals surface area contributed by atoms with Crippen molar-refractivity contribution >= 4 is 11.3 Å². The third kappa shape index (κ3) is 3.81. The molecule has 0 saturated carbocycles. The Hall–Kier alpha value is -1.43. The van der Waals surface area contributed by atoms with Crippen molar-refractivity contribution in [3.63, 3.8) is 0 Å². The third-order valence-electron chi connectivity index (χ3n) is 3.18. The SMILES string of the molecule is CCNCc1sc(-c2ccc(C)cc2OC)nc1COC. The van der Waals surface area contributed by atoms with E-state index in [2.05, 4.69) is 31.3 Å². The average molecular weight is 306 g/mol. The molecule has 4 nitrogen and oxygen atoms in total. The predicted octanol–water partition coefficient (Wildman–Crippen LogP) is 3.38. The summed E-state index contributed by atoms with van der Waals surface area (Å²) in [6.45, 7) is 6.45. The van der Waals surface area contributed by atoms with Gasteiger partial charge in [-0.15, -0.1) is 11.3 Å². The van der Waals surface area contributed by atoms with E-state index >= 15 is 0 Å². The smallest absolute Gasteiger partial charge is 0.129 e. The molecule has 1 N–H and O–H groups in total. The van der Waals surface area contributed by atoms with Crippen LogP contribution in [0.1, 0.15) is 23.1 Å². The summed E-state index contributed by atoms with van der Waals surface area (Å²) >= 11 is 1.69. The highest BCUT2D eigenvalue weighted by molar-refractivity contribution is 7.15. The Labute approximate surface area is 130 Å². The van der Waals surface area contributed by atoms with Gasteiger partial charge >= 0.3 is 0 Å². The van der Waals surface area contributed by atoms with E-state index in [1.807, 2.05) is 6.07 Å². The van der Waals surface area contributed by atoms with Gasteiger partial charge in [0.15, 0.2) is 0 Å². The van der Waals surface area contributed by atoms with E-state index in [4.69, 9.17) is 14.5 Å². The average Bonchev–Trinajstić information content (AvgIpc) is 2.88. The molecular formula is C16H22N2O2S. The van der Waals surface area contributed by atoms with Crippen LogP contribution in [0.4, 0.5) is 0 Å². The lowest BCUT2D eigenvalue weighted by molar-refractivity contribution is 0.181. The van der Waals surface area contributed by atoms with Crippen molar-refractivity contribution < 1.29 is 9.47 Å². The van der Waals surface area contributed by atoms with E-state index < -0.39 is 0 Å². The van der Waals surface area contributed by atoms with Crippen LogP contribution in [0.5, 0.6) is 5.75 Å². The first kappa shape index (κ1) is 15.9. The monoisotopic (exact) mass is 306 g/mol. The number of nitrogens with zero attached hydrogens (tertiary/aromatic N) is 1. The summed E-state index contributed by atoms with van der Waals surface area (Å²) in [5.41, 5.74) is 3.21. The van der Waals surface area contributed by atoms with Crippen molar-refractivity contribution in [2.45, 2.75) is 27.0 Å². The molecule has 1 aromatic heterocycles. The molecule has 0 bridgehead atoms. The number of hydrogen-bond donors (Lipinski definition) is 1. The Morgan fingerprint density at radius 1 is 1.29 bits per heavy atom. The maximum Gasteiger partial charge on any atom is 0.129 e. The fourth-order valence-corrected chi connectivity index (χ4v) is 3.16. The molecule has 0 unspecified atom stereocenters. The van der Waals surface area contributed by atoms with Crippen molar-refractivity contribution in [2.75, 3.05) is 20.8 Å². The first-order valence-corrected chi connectivity index (χ1v) is 7.84. The molecule has 0 aliphatic carbocycles. The lowest BCUT2D eigenvalue weighted by Gasteiger charge is -2.06. The molecule has 5 heteroatoms. The van der Waals surface area contributed by atoms with Gasteiger partial charge in [-0.1, -0.05) is 13.0 Å². The van der Waals surface area contributed by atoms with Crippen molar-refractivity contribution in [3.05, 3.63) is 34.3 Å². The molecule has 0 atom stereocenters. The molecule has 2 rings (SSSR count). The minimum atomic E-state index is 0.533. The Morgan fingerprint density at radius 3 is 2.76 bits per heavy atom. The first-order chi connectivity index (χ1) is 10.2. The first-order valence-electron chi connectivity index (χ1n) is 7.02. The fourth-order valence-electron chi connectivity index (χ4n) is 2.10.